The van der Waals surface area contributed by atoms with Crippen LogP contribution in [0, 0.1) is 48.5 Å². The molecule has 1 aromatic heterocycles. The molecule has 0 aliphatic heterocycles. The molecule has 0 fully saturated rings. The van der Waals surface area contributed by atoms with E-state index >= 15 is 0 Å². The first kappa shape index (κ1) is 23.6. The Labute approximate surface area is 194 Å². The molecule has 8 heteroatoms. The molecular weight excluding hydrogens is 453 g/mol. The third-order valence-corrected chi connectivity index (χ3v) is 8.50. The fourth-order valence-corrected chi connectivity index (χ4v) is 5.96. The first-order valence-corrected chi connectivity index (χ1v) is 12.2. The van der Waals surface area contributed by atoms with Gasteiger partial charge in [0.25, 0.3) is 10.0 Å². The van der Waals surface area contributed by atoms with Crippen LogP contribution >= 0.6 is 23.2 Å². The second-order valence-electron chi connectivity index (χ2n) is 8.01. The van der Waals surface area contributed by atoms with E-state index in [1.54, 1.807) is 23.7 Å². The molecule has 0 atom stereocenters. The molecule has 0 saturated carbocycles. The van der Waals surface area contributed by atoms with Crippen molar-refractivity contribution in [3.8, 4) is 0 Å². The molecule has 31 heavy (non-hydrogen) atoms. The lowest BCUT2D eigenvalue weighted by Crippen LogP contribution is -2.18. The summed E-state index contributed by atoms with van der Waals surface area (Å²) in [5, 5.41) is 5.50. The summed E-state index contributed by atoms with van der Waals surface area (Å²) in [6.45, 7) is 13.8. The summed E-state index contributed by atoms with van der Waals surface area (Å²) in [5.74, 6) is 0. The maximum atomic E-state index is 13.4. The lowest BCUT2D eigenvalue weighted by atomic mass is 9.95. The Morgan fingerprint density at radius 1 is 0.871 bits per heavy atom. The number of anilines is 1. The van der Waals surface area contributed by atoms with Crippen LogP contribution in [0.2, 0.25) is 10.0 Å². The summed E-state index contributed by atoms with van der Waals surface area (Å²) in [6.07, 6.45) is 0. The van der Waals surface area contributed by atoms with Gasteiger partial charge in [-0.15, -0.1) is 0 Å². The Kier molecular flexibility index (Phi) is 6.47. The van der Waals surface area contributed by atoms with Crippen molar-refractivity contribution in [2.24, 2.45) is 0 Å². The minimum Gasteiger partial charge on any atom is -0.276 e. The highest BCUT2D eigenvalue weighted by Crippen LogP contribution is 2.32. The molecule has 5 nitrogen and oxygen atoms in total. The number of aromatic nitrogens is 2. The monoisotopic (exact) mass is 479 g/mol. The van der Waals surface area contributed by atoms with Crippen molar-refractivity contribution in [1.29, 1.82) is 0 Å². The summed E-state index contributed by atoms with van der Waals surface area (Å²) in [4.78, 5) is 0.337. The molecule has 166 valence electrons. The molecule has 2 aromatic carbocycles. The Morgan fingerprint density at radius 2 is 1.42 bits per heavy atom. The maximum absolute atomic E-state index is 13.4. The minimum absolute atomic E-state index is 0.337. The number of aryl methyl sites for hydroxylation is 1. The molecular formula is C23H27Cl2N3O2S. The van der Waals surface area contributed by atoms with E-state index in [0.29, 0.717) is 32.9 Å². The molecule has 0 bridgehead atoms. The lowest BCUT2D eigenvalue weighted by molar-refractivity contribution is 0.599. The second-order valence-corrected chi connectivity index (χ2v) is 10.4. The Hall–Kier alpha value is -2.02. The molecule has 0 amide bonds. The van der Waals surface area contributed by atoms with Crippen molar-refractivity contribution in [2.45, 2.75) is 59.9 Å². The zero-order valence-electron chi connectivity index (χ0n) is 18.8. The number of nitrogens with one attached hydrogen (secondary N) is 1. The van der Waals surface area contributed by atoms with E-state index in [0.717, 1.165) is 39.1 Å². The number of hydrogen-bond acceptors (Lipinski definition) is 3. The fourth-order valence-electron chi connectivity index (χ4n) is 3.86. The van der Waals surface area contributed by atoms with Crippen molar-refractivity contribution in [1.82, 2.24) is 9.78 Å². The highest BCUT2D eigenvalue weighted by Gasteiger charge is 2.26. The van der Waals surface area contributed by atoms with Crippen molar-refractivity contribution in [3.63, 3.8) is 0 Å². The molecule has 0 unspecified atom stereocenters. The van der Waals surface area contributed by atoms with Gasteiger partial charge in [-0.05, 0) is 94.0 Å². The molecule has 1 heterocycles. The highest BCUT2D eigenvalue weighted by molar-refractivity contribution is 7.92. The molecule has 0 saturated heterocycles. The SMILES string of the molecule is Cc1nn(Cc2ccc(Cl)c(Cl)c2)c(C)c1NS(=O)(=O)c1c(C)c(C)c(C)c(C)c1C. The second kappa shape index (κ2) is 8.49. The van der Waals surface area contributed by atoms with Crippen LogP contribution < -0.4 is 4.72 Å². The van der Waals surface area contributed by atoms with Crippen LogP contribution in [0.3, 0.4) is 0 Å². The fraction of sp³-hybridized carbons (Fsp3) is 0.348. The van der Waals surface area contributed by atoms with Crippen molar-refractivity contribution >= 4 is 38.9 Å². The van der Waals surface area contributed by atoms with Crippen LogP contribution in [0.15, 0.2) is 23.1 Å². The van der Waals surface area contributed by atoms with E-state index in [-0.39, 0.29) is 0 Å². The standard InChI is InChI=1S/C23H27Cl2N3O2S/c1-12-13(2)15(4)23(16(5)14(12)3)31(29,30)27-22-17(6)26-28(18(22)7)11-19-8-9-20(24)21(25)10-19/h8-10,27H,11H2,1-7H3. The summed E-state index contributed by atoms with van der Waals surface area (Å²) in [5.41, 5.74) is 7.40. The Balaban J connectivity index is 2.01. The first-order valence-electron chi connectivity index (χ1n) is 9.92. The van der Waals surface area contributed by atoms with Gasteiger partial charge in [0.1, 0.15) is 0 Å². The maximum Gasteiger partial charge on any atom is 0.262 e. The molecule has 0 spiro atoms. The summed E-state index contributed by atoms with van der Waals surface area (Å²) < 4.78 is 31.4. The van der Waals surface area contributed by atoms with Crippen LogP contribution in [-0.4, -0.2) is 18.2 Å². The molecule has 3 rings (SSSR count). The lowest BCUT2D eigenvalue weighted by Gasteiger charge is -2.19. The Morgan fingerprint density at radius 3 is 1.97 bits per heavy atom. The van der Waals surface area contributed by atoms with Gasteiger partial charge in [-0.1, -0.05) is 29.3 Å². The predicted molar refractivity (Wildman–Crippen MR) is 128 cm³/mol. The summed E-state index contributed by atoms with van der Waals surface area (Å²) in [6, 6.07) is 5.40. The number of nitrogens with zero attached hydrogens (tertiary/aromatic N) is 2. The minimum atomic E-state index is -3.80. The Bertz CT molecular complexity index is 1270. The van der Waals surface area contributed by atoms with Crippen LogP contribution in [-0.2, 0) is 16.6 Å². The highest BCUT2D eigenvalue weighted by atomic mass is 35.5. The molecule has 0 aliphatic carbocycles. The van der Waals surface area contributed by atoms with Gasteiger partial charge in [0.2, 0.25) is 0 Å². The van der Waals surface area contributed by atoms with Crippen LogP contribution in [0.5, 0.6) is 0 Å². The van der Waals surface area contributed by atoms with Crippen LogP contribution in [0.25, 0.3) is 0 Å². The largest absolute Gasteiger partial charge is 0.276 e. The average Bonchev–Trinajstić information content (AvgIpc) is 2.94. The van der Waals surface area contributed by atoms with E-state index < -0.39 is 10.0 Å². The molecule has 1 N–H and O–H groups in total. The van der Waals surface area contributed by atoms with Gasteiger partial charge in [0, 0.05) is 0 Å². The van der Waals surface area contributed by atoms with E-state index in [1.165, 1.54) is 0 Å². The number of sulfonamides is 1. The van der Waals surface area contributed by atoms with Crippen molar-refractivity contribution < 1.29 is 8.42 Å². The van der Waals surface area contributed by atoms with Gasteiger partial charge in [-0.2, -0.15) is 5.10 Å². The third kappa shape index (κ3) is 4.34. The van der Waals surface area contributed by atoms with Crippen molar-refractivity contribution in [3.05, 3.63) is 73.0 Å². The van der Waals surface area contributed by atoms with Gasteiger partial charge >= 0.3 is 0 Å². The number of halogens is 2. The van der Waals surface area contributed by atoms with Gasteiger partial charge in [0.15, 0.2) is 0 Å². The number of hydrogen-bond donors (Lipinski definition) is 1. The zero-order chi connectivity index (χ0) is 23.2. The van der Waals surface area contributed by atoms with Crippen LogP contribution in [0.1, 0.15) is 44.8 Å². The molecule has 3 aromatic rings. The topological polar surface area (TPSA) is 64.0 Å². The van der Waals surface area contributed by atoms with Gasteiger partial charge < -0.3 is 0 Å². The average molecular weight is 480 g/mol. The van der Waals surface area contributed by atoms with E-state index in [1.807, 2.05) is 47.6 Å². The molecule has 0 radical (unpaired) electrons. The van der Waals surface area contributed by atoms with Crippen molar-refractivity contribution in [2.75, 3.05) is 4.72 Å². The smallest absolute Gasteiger partial charge is 0.262 e. The number of benzene rings is 2. The van der Waals surface area contributed by atoms with Gasteiger partial charge in [-0.25, -0.2) is 8.42 Å². The summed E-state index contributed by atoms with van der Waals surface area (Å²) >= 11 is 12.1. The van der Waals surface area contributed by atoms with E-state index in [4.69, 9.17) is 23.2 Å². The number of rotatable bonds is 5. The zero-order valence-corrected chi connectivity index (χ0v) is 21.1. The van der Waals surface area contributed by atoms with E-state index in [9.17, 15) is 8.42 Å². The van der Waals surface area contributed by atoms with E-state index in [2.05, 4.69) is 9.82 Å². The van der Waals surface area contributed by atoms with Gasteiger partial charge in [0.05, 0.1) is 38.6 Å². The first-order chi connectivity index (χ1) is 14.3. The third-order valence-electron chi connectivity index (χ3n) is 6.13. The van der Waals surface area contributed by atoms with Crippen LogP contribution in [0.4, 0.5) is 5.69 Å². The predicted octanol–water partition coefficient (Wildman–Crippen LogP) is 6.20. The summed E-state index contributed by atoms with van der Waals surface area (Å²) in [7, 11) is -3.80. The normalized spacial score (nSPS) is 11.8. The quantitative estimate of drug-likeness (QED) is 0.473. The van der Waals surface area contributed by atoms with Gasteiger partial charge in [-0.3, -0.25) is 9.40 Å². The molecule has 0 aliphatic rings.